The smallest absolute Gasteiger partial charge is 0.311 e. The van der Waals surface area contributed by atoms with E-state index in [1.807, 2.05) is 6.07 Å². The van der Waals surface area contributed by atoms with Crippen molar-refractivity contribution in [1.82, 2.24) is 0 Å². The first kappa shape index (κ1) is 12.2. The average molecular weight is 246 g/mol. The zero-order valence-electron chi connectivity index (χ0n) is 10.1. The van der Waals surface area contributed by atoms with Crippen LogP contribution >= 0.6 is 0 Å². The summed E-state index contributed by atoms with van der Waals surface area (Å²) in [5, 5.41) is 0. The molecular formula is C14H14O4. The number of benzene rings is 1. The summed E-state index contributed by atoms with van der Waals surface area (Å²) >= 11 is 0. The van der Waals surface area contributed by atoms with Gasteiger partial charge in [-0.15, -0.1) is 0 Å². The van der Waals surface area contributed by atoms with Gasteiger partial charge < -0.3 is 13.9 Å². The van der Waals surface area contributed by atoms with Crippen LogP contribution in [0.5, 0.6) is 11.5 Å². The van der Waals surface area contributed by atoms with E-state index in [2.05, 4.69) is 0 Å². The zero-order chi connectivity index (χ0) is 12.8. The number of hydrogen-bond acceptors (Lipinski definition) is 4. The number of carbonyl (C=O) groups excluding carboxylic acids is 1. The highest BCUT2D eigenvalue weighted by Gasteiger charge is 2.06. The van der Waals surface area contributed by atoms with E-state index in [9.17, 15) is 4.79 Å². The predicted octanol–water partition coefficient (Wildman–Crippen LogP) is 2.83. The van der Waals surface area contributed by atoms with Gasteiger partial charge in [-0.05, 0) is 36.4 Å². The molecule has 4 nitrogen and oxygen atoms in total. The van der Waals surface area contributed by atoms with Crippen LogP contribution in [0.25, 0.3) is 0 Å². The van der Waals surface area contributed by atoms with Crippen LogP contribution in [0.15, 0.2) is 47.1 Å². The van der Waals surface area contributed by atoms with Crippen molar-refractivity contribution < 1.29 is 18.7 Å². The van der Waals surface area contributed by atoms with Crippen molar-refractivity contribution in [3.8, 4) is 11.5 Å². The zero-order valence-corrected chi connectivity index (χ0v) is 10.1. The van der Waals surface area contributed by atoms with Crippen molar-refractivity contribution >= 4 is 5.97 Å². The molecule has 2 aromatic rings. The average Bonchev–Trinajstić information content (AvgIpc) is 2.90. The molecule has 0 spiro atoms. The number of esters is 1. The molecule has 0 saturated heterocycles. The number of furan rings is 1. The summed E-state index contributed by atoms with van der Waals surface area (Å²) in [6.45, 7) is 0. The van der Waals surface area contributed by atoms with E-state index in [4.69, 9.17) is 13.9 Å². The molecule has 0 unspecified atom stereocenters. The summed E-state index contributed by atoms with van der Waals surface area (Å²) in [5.41, 5.74) is 0. The van der Waals surface area contributed by atoms with E-state index < -0.39 is 0 Å². The summed E-state index contributed by atoms with van der Waals surface area (Å²) in [6.07, 6.45) is 2.42. The molecule has 1 heterocycles. The second-order valence-electron chi connectivity index (χ2n) is 3.73. The predicted molar refractivity (Wildman–Crippen MR) is 65.7 cm³/mol. The lowest BCUT2D eigenvalue weighted by Gasteiger charge is -2.04. The minimum atomic E-state index is -0.281. The highest BCUT2D eigenvalue weighted by molar-refractivity contribution is 5.72. The summed E-state index contributed by atoms with van der Waals surface area (Å²) < 4.78 is 15.3. The molecule has 0 N–H and O–H groups in total. The minimum absolute atomic E-state index is 0.281. The van der Waals surface area contributed by atoms with Crippen molar-refractivity contribution in [2.45, 2.75) is 12.8 Å². The molecule has 94 valence electrons. The fourth-order valence-corrected chi connectivity index (χ4v) is 1.51. The Morgan fingerprint density at radius 1 is 1.17 bits per heavy atom. The molecule has 0 aliphatic heterocycles. The Bertz CT molecular complexity index is 485. The number of carbonyl (C=O) groups is 1. The molecule has 0 atom stereocenters. The van der Waals surface area contributed by atoms with Gasteiger partial charge in [0.2, 0.25) is 0 Å². The molecule has 4 heteroatoms. The number of aryl methyl sites for hydroxylation is 1. The minimum Gasteiger partial charge on any atom is -0.497 e. The molecule has 0 saturated carbocycles. The van der Waals surface area contributed by atoms with Gasteiger partial charge in [-0.3, -0.25) is 4.79 Å². The van der Waals surface area contributed by atoms with Gasteiger partial charge in [0.25, 0.3) is 0 Å². The standard InChI is InChI=1S/C14H14O4/c1-16-11-4-6-13(7-5-11)18-14(15)9-8-12-3-2-10-17-12/h2-7,10H,8-9H2,1H3. The van der Waals surface area contributed by atoms with E-state index in [-0.39, 0.29) is 5.97 Å². The third-order valence-corrected chi connectivity index (χ3v) is 2.45. The molecule has 0 amide bonds. The molecule has 1 aromatic carbocycles. The van der Waals surface area contributed by atoms with Crippen LogP contribution in [-0.2, 0) is 11.2 Å². The van der Waals surface area contributed by atoms with Crippen LogP contribution in [0.3, 0.4) is 0 Å². The number of hydrogen-bond donors (Lipinski definition) is 0. The Morgan fingerprint density at radius 3 is 2.50 bits per heavy atom. The maximum atomic E-state index is 11.6. The van der Waals surface area contributed by atoms with Gasteiger partial charge in [0, 0.05) is 6.42 Å². The van der Waals surface area contributed by atoms with Crippen LogP contribution in [0.2, 0.25) is 0 Å². The Morgan fingerprint density at radius 2 is 1.89 bits per heavy atom. The van der Waals surface area contributed by atoms with Gasteiger partial charge in [-0.2, -0.15) is 0 Å². The lowest BCUT2D eigenvalue weighted by Crippen LogP contribution is -2.08. The number of ether oxygens (including phenoxy) is 2. The quantitative estimate of drug-likeness (QED) is 0.601. The van der Waals surface area contributed by atoms with Crippen LogP contribution < -0.4 is 9.47 Å². The van der Waals surface area contributed by atoms with Gasteiger partial charge in [0.05, 0.1) is 19.8 Å². The first-order valence-corrected chi connectivity index (χ1v) is 5.65. The molecule has 18 heavy (non-hydrogen) atoms. The Balaban J connectivity index is 1.83. The van der Waals surface area contributed by atoms with Crippen LogP contribution in [-0.4, -0.2) is 13.1 Å². The lowest BCUT2D eigenvalue weighted by molar-refractivity contribution is -0.134. The van der Waals surface area contributed by atoms with Crippen molar-refractivity contribution in [3.05, 3.63) is 48.4 Å². The van der Waals surface area contributed by atoms with Crippen molar-refractivity contribution in [1.29, 1.82) is 0 Å². The second kappa shape index (κ2) is 5.91. The third-order valence-electron chi connectivity index (χ3n) is 2.45. The highest BCUT2D eigenvalue weighted by atomic mass is 16.5. The Hall–Kier alpha value is -2.23. The maximum absolute atomic E-state index is 11.6. The summed E-state index contributed by atoms with van der Waals surface area (Å²) in [5.74, 6) is 1.74. The van der Waals surface area contributed by atoms with E-state index in [1.165, 1.54) is 0 Å². The first-order valence-electron chi connectivity index (χ1n) is 5.65. The van der Waals surface area contributed by atoms with E-state index in [0.717, 1.165) is 11.5 Å². The highest BCUT2D eigenvalue weighted by Crippen LogP contribution is 2.17. The van der Waals surface area contributed by atoms with E-state index in [0.29, 0.717) is 18.6 Å². The van der Waals surface area contributed by atoms with Crippen molar-refractivity contribution in [3.63, 3.8) is 0 Å². The third kappa shape index (κ3) is 3.38. The lowest BCUT2D eigenvalue weighted by atomic mass is 10.2. The molecule has 2 rings (SSSR count). The number of rotatable bonds is 5. The molecular weight excluding hydrogens is 232 g/mol. The van der Waals surface area contributed by atoms with Gasteiger partial charge in [0.1, 0.15) is 17.3 Å². The van der Waals surface area contributed by atoms with Crippen LogP contribution in [0.1, 0.15) is 12.2 Å². The van der Waals surface area contributed by atoms with Gasteiger partial charge in [0.15, 0.2) is 0 Å². The van der Waals surface area contributed by atoms with Crippen molar-refractivity contribution in [2.75, 3.05) is 7.11 Å². The molecule has 0 aliphatic carbocycles. The second-order valence-corrected chi connectivity index (χ2v) is 3.73. The van der Waals surface area contributed by atoms with E-state index >= 15 is 0 Å². The van der Waals surface area contributed by atoms with E-state index in [1.54, 1.807) is 43.7 Å². The number of methoxy groups -OCH3 is 1. The summed E-state index contributed by atoms with van der Waals surface area (Å²) in [7, 11) is 1.59. The maximum Gasteiger partial charge on any atom is 0.311 e. The Kier molecular flexibility index (Phi) is 4.02. The first-order chi connectivity index (χ1) is 8.78. The Labute approximate surface area is 105 Å². The molecule has 0 bridgehead atoms. The van der Waals surface area contributed by atoms with Crippen molar-refractivity contribution in [2.24, 2.45) is 0 Å². The van der Waals surface area contributed by atoms with Crippen LogP contribution in [0, 0.1) is 0 Å². The largest absolute Gasteiger partial charge is 0.497 e. The normalized spacial score (nSPS) is 10.1. The van der Waals surface area contributed by atoms with Crippen LogP contribution in [0.4, 0.5) is 0 Å². The monoisotopic (exact) mass is 246 g/mol. The topological polar surface area (TPSA) is 48.7 Å². The van der Waals surface area contributed by atoms with Gasteiger partial charge >= 0.3 is 5.97 Å². The summed E-state index contributed by atoms with van der Waals surface area (Å²) in [4.78, 5) is 11.6. The SMILES string of the molecule is COc1ccc(OC(=O)CCc2ccco2)cc1. The van der Waals surface area contributed by atoms with Gasteiger partial charge in [-0.1, -0.05) is 0 Å². The fraction of sp³-hybridized carbons (Fsp3) is 0.214. The molecule has 0 radical (unpaired) electrons. The fourth-order valence-electron chi connectivity index (χ4n) is 1.51. The van der Waals surface area contributed by atoms with Gasteiger partial charge in [-0.25, -0.2) is 0 Å². The molecule has 0 aliphatic rings. The molecule has 1 aromatic heterocycles. The summed E-state index contributed by atoms with van der Waals surface area (Å²) in [6, 6.07) is 10.5. The molecule has 0 fully saturated rings.